The number of aromatic nitrogens is 2. The van der Waals surface area contributed by atoms with Crippen LogP contribution in [0.5, 0.6) is 0 Å². The van der Waals surface area contributed by atoms with E-state index in [9.17, 15) is 4.79 Å². The van der Waals surface area contributed by atoms with Crippen molar-refractivity contribution in [1.82, 2.24) is 15.5 Å². The maximum atomic E-state index is 11.7. The smallest absolute Gasteiger partial charge is 0.272 e. The Bertz CT molecular complexity index is 556. The molecule has 0 fully saturated rings. The highest BCUT2D eigenvalue weighted by molar-refractivity contribution is 6.30. The van der Waals surface area contributed by atoms with Crippen LogP contribution in [0.4, 0.5) is 5.82 Å². The highest BCUT2D eigenvalue weighted by Gasteiger charge is 2.07. The number of nitrogen functional groups attached to an aromatic ring is 1. The summed E-state index contributed by atoms with van der Waals surface area (Å²) in [6.45, 7) is 0.380. The standard InChI is InChI=1S/C12H11ClN4O/c13-9-3-1-2-8(6-9)7-15-12(18)10-4-5-11(14)17-16-10/h1-6H,7H2,(H2,14,17)(H,15,18). The molecular weight excluding hydrogens is 252 g/mol. The molecule has 0 radical (unpaired) electrons. The molecule has 5 nitrogen and oxygen atoms in total. The van der Waals surface area contributed by atoms with Crippen LogP contribution in [-0.4, -0.2) is 16.1 Å². The second-order valence-corrected chi connectivity index (χ2v) is 4.09. The van der Waals surface area contributed by atoms with Crippen molar-refractivity contribution in [2.75, 3.05) is 5.73 Å². The molecule has 1 aromatic carbocycles. The van der Waals surface area contributed by atoms with Crippen LogP contribution in [0.1, 0.15) is 16.1 Å². The molecule has 0 unspecified atom stereocenters. The van der Waals surface area contributed by atoms with Gasteiger partial charge in [0.25, 0.3) is 5.91 Å². The van der Waals surface area contributed by atoms with Crippen LogP contribution in [0.25, 0.3) is 0 Å². The molecule has 18 heavy (non-hydrogen) atoms. The predicted octanol–water partition coefficient (Wildman–Crippen LogP) is 1.64. The van der Waals surface area contributed by atoms with Gasteiger partial charge in [0, 0.05) is 11.6 Å². The number of rotatable bonds is 3. The number of anilines is 1. The Morgan fingerprint density at radius 2 is 2.11 bits per heavy atom. The van der Waals surface area contributed by atoms with Crippen LogP contribution in [0, 0.1) is 0 Å². The topological polar surface area (TPSA) is 80.9 Å². The fourth-order valence-electron chi connectivity index (χ4n) is 1.38. The van der Waals surface area contributed by atoms with Gasteiger partial charge >= 0.3 is 0 Å². The number of halogens is 1. The summed E-state index contributed by atoms with van der Waals surface area (Å²) < 4.78 is 0. The minimum absolute atomic E-state index is 0.228. The second-order valence-electron chi connectivity index (χ2n) is 3.66. The van der Waals surface area contributed by atoms with Crippen molar-refractivity contribution >= 4 is 23.3 Å². The molecule has 0 bridgehead atoms. The normalized spacial score (nSPS) is 10.1. The van der Waals surface area contributed by atoms with E-state index < -0.39 is 0 Å². The van der Waals surface area contributed by atoms with Crippen molar-refractivity contribution in [3.63, 3.8) is 0 Å². The first kappa shape index (κ1) is 12.3. The van der Waals surface area contributed by atoms with Crippen LogP contribution >= 0.6 is 11.6 Å². The fraction of sp³-hybridized carbons (Fsp3) is 0.0833. The highest BCUT2D eigenvalue weighted by atomic mass is 35.5. The van der Waals surface area contributed by atoms with Crippen molar-refractivity contribution < 1.29 is 4.79 Å². The summed E-state index contributed by atoms with van der Waals surface area (Å²) in [5.74, 6) is -0.0242. The highest BCUT2D eigenvalue weighted by Crippen LogP contribution is 2.10. The van der Waals surface area contributed by atoms with E-state index in [1.54, 1.807) is 12.1 Å². The van der Waals surface area contributed by atoms with E-state index in [0.29, 0.717) is 11.6 Å². The van der Waals surface area contributed by atoms with Crippen LogP contribution in [0.2, 0.25) is 5.02 Å². The molecule has 0 spiro atoms. The summed E-state index contributed by atoms with van der Waals surface area (Å²) in [6.07, 6.45) is 0. The first-order valence-electron chi connectivity index (χ1n) is 5.27. The molecule has 0 aliphatic rings. The minimum Gasteiger partial charge on any atom is -0.382 e. The Morgan fingerprint density at radius 3 is 2.78 bits per heavy atom. The van der Waals surface area contributed by atoms with Crippen LogP contribution < -0.4 is 11.1 Å². The molecule has 1 heterocycles. The third kappa shape index (κ3) is 3.18. The number of hydrogen-bond donors (Lipinski definition) is 2. The molecule has 0 aliphatic heterocycles. The van der Waals surface area contributed by atoms with Gasteiger partial charge in [-0.1, -0.05) is 23.7 Å². The van der Waals surface area contributed by atoms with Gasteiger partial charge in [-0.05, 0) is 29.8 Å². The Balaban J connectivity index is 1.98. The van der Waals surface area contributed by atoms with Crippen molar-refractivity contribution in [2.45, 2.75) is 6.54 Å². The minimum atomic E-state index is -0.303. The number of benzene rings is 1. The first-order chi connectivity index (χ1) is 8.65. The van der Waals surface area contributed by atoms with Crippen molar-refractivity contribution in [2.24, 2.45) is 0 Å². The van der Waals surface area contributed by atoms with Crippen LogP contribution in [0.15, 0.2) is 36.4 Å². The summed E-state index contributed by atoms with van der Waals surface area (Å²) in [7, 11) is 0. The molecule has 0 atom stereocenters. The Labute approximate surface area is 109 Å². The summed E-state index contributed by atoms with van der Waals surface area (Å²) >= 11 is 5.85. The maximum Gasteiger partial charge on any atom is 0.272 e. The Morgan fingerprint density at radius 1 is 1.28 bits per heavy atom. The molecule has 6 heteroatoms. The maximum absolute atomic E-state index is 11.7. The zero-order valence-electron chi connectivity index (χ0n) is 9.43. The van der Waals surface area contributed by atoms with E-state index in [2.05, 4.69) is 15.5 Å². The van der Waals surface area contributed by atoms with Crippen LogP contribution in [0.3, 0.4) is 0 Å². The summed E-state index contributed by atoms with van der Waals surface area (Å²) in [5.41, 5.74) is 6.53. The number of amides is 1. The van der Waals surface area contributed by atoms with Gasteiger partial charge in [-0.25, -0.2) is 0 Å². The molecule has 1 amide bonds. The SMILES string of the molecule is Nc1ccc(C(=O)NCc2cccc(Cl)c2)nn1. The molecule has 3 N–H and O–H groups in total. The van der Waals surface area contributed by atoms with Gasteiger partial charge in [-0.2, -0.15) is 0 Å². The third-order valence-electron chi connectivity index (χ3n) is 2.26. The Hall–Kier alpha value is -2.14. The number of nitrogens with one attached hydrogen (secondary N) is 1. The number of carbonyl (C=O) groups is 1. The number of nitrogens with zero attached hydrogens (tertiary/aromatic N) is 2. The van der Waals surface area contributed by atoms with Gasteiger partial charge < -0.3 is 11.1 Å². The lowest BCUT2D eigenvalue weighted by Crippen LogP contribution is -2.24. The van der Waals surface area contributed by atoms with Crippen molar-refractivity contribution in [3.8, 4) is 0 Å². The summed E-state index contributed by atoms with van der Waals surface area (Å²) in [6, 6.07) is 10.3. The van der Waals surface area contributed by atoms with E-state index in [1.165, 1.54) is 12.1 Å². The molecule has 1 aromatic heterocycles. The molecule has 2 aromatic rings. The van der Waals surface area contributed by atoms with Gasteiger partial charge in [-0.15, -0.1) is 10.2 Å². The zero-order chi connectivity index (χ0) is 13.0. The van der Waals surface area contributed by atoms with Gasteiger partial charge in [0.1, 0.15) is 5.82 Å². The van der Waals surface area contributed by atoms with E-state index in [1.807, 2.05) is 12.1 Å². The predicted molar refractivity (Wildman–Crippen MR) is 69.1 cm³/mol. The number of hydrogen-bond acceptors (Lipinski definition) is 4. The fourth-order valence-corrected chi connectivity index (χ4v) is 1.60. The monoisotopic (exact) mass is 262 g/mol. The molecule has 92 valence electrons. The summed E-state index contributed by atoms with van der Waals surface area (Å²) in [5, 5.41) is 10.7. The van der Waals surface area contributed by atoms with Crippen LogP contribution in [-0.2, 0) is 6.54 Å². The molecule has 0 aliphatic carbocycles. The quantitative estimate of drug-likeness (QED) is 0.881. The van der Waals surface area contributed by atoms with E-state index in [0.717, 1.165) is 5.56 Å². The average Bonchev–Trinajstić information content (AvgIpc) is 2.37. The molecule has 0 saturated heterocycles. The van der Waals surface area contributed by atoms with E-state index in [4.69, 9.17) is 17.3 Å². The van der Waals surface area contributed by atoms with E-state index in [-0.39, 0.29) is 17.4 Å². The lowest BCUT2D eigenvalue weighted by atomic mass is 10.2. The zero-order valence-corrected chi connectivity index (χ0v) is 10.2. The van der Waals surface area contributed by atoms with Gasteiger partial charge in [0.2, 0.25) is 0 Å². The van der Waals surface area contributed by atoms with Gasteiger partial charge in [0.15, 0.2) is 5.69 Å². The third-order valence-corrected chi connectivity index (χ3v) is 2.50. The number of carbonyl (C=O) groups excluding carboxylic acids is 1. The van der Waals surface area contributed by atoms with Crippen molar-refractivity contribution in [1.29, 1.82) is 0 Å². The summed E-state index contributed by atoms with van der Waals surface area (Å²) in [4.78, 5) is 11.7. The van der Waals surface area contributed by atoms with Crippen molar-refractivity contribution in [3.05, 3.63) is 52.7 Å². The number of nitrogens with two attached hydrogens (primary N) is 1. The lowest BCUT2D eigenvalue weighted by molar-refractivity contribution is 0.0945. The molecule has 2 rings (SSSR count). The molecular formula is C12H11ClN4O. The average molecular weight is 263 g/mol. The largest absolute Gasteiger partial charge is 0.382 e. The lowest BCUT2D eigenvalue weighted by Gasteiger charge is -2.04. The Kier molecular flexibility index (Phi) is 3.74. The first-order valence-corrected chi connectivity index (χ1v) is 5.65. The van der Waals surface area contributed by atoms with Gasteiger partial charge in [0.05, 0.1) is 0 Å². The van der Waals surface area contributed by atoms with Gasteiger partial charge in [-0.3, -0.25) is 4.79 Å². The van der Waals surface area contributed by atoms with E-state index >= 15 is 0 Å². The molecule has 0 saturated carbocycles. The second kappa shape index (κ2) is 5.46.